The van der Waals surface area contributed by atoms with Crippen molar-refractivity contribution in [2.24, 2.45) is 5.84 Å². The largest absolute Gasteiger partial charge is 0.336 e. The number of nitrogen functional groups attached to an aromatic ring is 1. The first kappa shape index (κ1) is 14.8. The number of carbonyl (C=O) groups excluding carboxylic acids is 1. The van der Waals surface area contributed by atoms with Gasteiger partial charge >= 0.3 is 0 Å². The summed E-state index contributed by atoms with van der Waals surface area (Å²) < 4.78 is 0. The Morgan fingerprint density at radius 2 is 2.15 bits per heavy atom. The van der Waals surface area contributed by atoms with Crippen LogP contribution in [0.2, 0.25) is 0 Å². The summed E-state index contributed by atoms with van der Waals surface area (Å²) in [4.78, 5) is 19.0. The zero-order valence-corrected chi connectivity index (χ0v) is 12.4. The third-order valence-electron chi connectivity index (χ3n) is 3.49. The molecule has 0 aromatic carbocycles. The first-order chi connectivity index (χ1) is 9.69. The van der Waals surface area contributed by atoms with Gasteiger partial charge in [0.15, 0.2) is 0 Å². The van der Waals surface area contributed by atoms with E-state index in [0.717, 1.165) is 44.3 Å². The molecule has 1 fully saturated rings. The van der Waals surface area contributed by atoms with Crippen LogP contribution < -0.4 is 11.3 Å². The SMILES string of the molecule is CCCc1cc(C(=O)N(CCC)C2CC2)cc(NN)n1. The molecule has 0 aliphatic heterocycles. The van der Waals surface area contributed by atoms with Gasteiger partial charge in [-0.05, 0) is 37.8 Å². The summed E-state index contributed by atoms with van der Waals surface area (Å²) in [6.07, 6.45) is 5.08. The lowest BCUT2D eigenvalue weighted by molar-refractivity contribution is 0.0743. The Balaban J connectivity index is 2.24. The number of hydrogen-bond donors (Lipinski definition) is 2. The van der Waals surface area contributed by atoms with E-state index >= 15 is 0 Å². The van der Waals surface area contributed by atoms with Crippen LogP contribution in [-0.2, 0) is 6.42 Å². The molecule has 1 amide bonds. The number of hydrogen-bond acceptors (Lipinski definition) is 4. The fourth-order valence-corrected chi connectivity index (χ4v) is 2.41. The smallest absolute Gasteiger partial charge is 0.254 e. The van der Waals surface area contributed by atoms with E-state index in [2.05, 4.69) is 24.3 Å². The third kappa shape index (κ3) is 3.48. The molecule has 1 aliphatic rings. The number of aryl methyl sites for hydroxylation is 1. The predicted molar refractivity (Wildman–Crippen MR) is 80.4 cm³/mol. The summed E-state index contributed by atoms with van der Waals surface area (Å²) in [5, 5.41) is 0. The number of nitrogens with two attached hydrogens (primary N) is 1. The highest BCUT2D eigenvalue weighted by molar-refractivity contribution is 5.95. The lowest BCUT2D eigenvalue weighted by Crippen LogP contribution is -2.34. The molecule has 0 unspecified atom stereocenters. The maximum atomic E-state index is 12.7. The molecule has 1 saturated carbocycles. The van der Waals surface area contributed by atoms with E-state index in [0.29, 0.717) is 17.4 Å². The monoisotopic (exact) mass is 276 g/mol. The Morgan fingerprint density at radius 1 is 1.40 bits per heavy atom. The van der Waals surface area contributed by atoms with E-state index in [9.17, 15) is 4.79 Å². The van der Waals surface area contributed by atoms with Crippen LogP contribution in [0.4, 0.5) is 5.82 Å². The first-order valence-electron chi connectivity index (χ1n) is 7.48. The van der Waals surface area contributed by atoms with Gasteiger partial charge in [0.25, 0.3) is 5.91 Å². The minimum Gasteiger partial charge on any atom is -0.336 e. The molecule has 0 saturated heterocycles. The van der Waals surface area contributed by atoms with Crippen LogP contribution in [0.25, 0.3) is 0 Å². The zero-order valence-electron chi connectivity index (χ0n) is 12.4. The van der Waals surface area contributed by atoms with E-state index in [1.54, 1.807) is 6.07 Å². The van der Waals surface area contributed by atoms with Crippen molar-refractivity contribution in [1.82, 2.24) is 9.88 Å². The fourth-order valence-electron chi connectivity index (χ4n) is 2.41. The van der Waals surface area contributed by atoms with Gasteiger partial charge in [-0.25, -0.2) is 10.8 Å². The summed E-state index contributed by atoms with van der Waals surface area (Å²) in [7, 11) is 0. The Hall–Kier alpha value is -1.62. The Labute approximate surface area is 120 Å². The van der Waals surface area contributed by atoms with Crippen molar-refractivity contribution in [2.45, 2.75) is 52.0 Å². The molecule has 0 atom stereocenters. The molecule has 20 heavy (non-hydrogen) atoms. The highest BCUT2D eigenvalue weighted by Crippen LogP contribution is 2.28. The van der Waals surface area contributed by atoms with Crippen molar-refractivity contribution in [1.29, 1.82) is 0 Å². The first-order valence-corrected chi connectivity index (χ1v) is 7.48. The molecule has 1 heterocycles. The fraction of sp³-hybridized carbons (Fsp3) is 0.600. The second-order valence-corrected chi connectivity index (χ2v) is 5.36. The summed E-state index contributed by atoms with van der Waals surface area (Å²) >= 11 is 0. The summed E-state index contributed by atoms with van der Waals surface area (Å²) in [5.41, 5.74) is 4.16. The number of aromatic nitrogens is 1. The summed E-state index contributed by atoms with van der Waals surface area (Å²) in [6.45, 7) is 5.02. The summed E-state index contributed by atoms with van der Waals surface area (Å²) in [5.74, 6) is 6.12. The maximum absolute atomic E-state index is 12.7. The van der Waals surface area contributed by atoms with Gasteiger partial charge < -0.3 is 10.3 Å². The van der Waals surface area contributed by atoms with Crippen molar-refractivity contribution in [3.63, 3.8) is 0 Å². The van der Waals surface area contributed by atoms with Gasteiger partial charge in [0.2, 0.25) is 0 Å². The van der Waals surface area contributed by atoms with Crippen LogP contribution in [0.3, 0.4) is 0 Å². The number of hydrazine groups is 1. The average Bonchev–Trinajstić information content (AvgIpc) is 3.28. The number of carbonyl (C=O) groups is 1. The van der Waals surface area contributed by atoms with Crippen molar-refractivity contribution in [3.8, 4) is 0 Å². The van der Waals surface area contributed by atoms with Crippen molar-refractivity contribution in [3.05, 3.63) is 23.4 Å². The molecule has 110 valence electrons. The lowest BCUT2D eigenvalue weighted by Gasteiger charge is -2.22. The maximum Gasteiger partial charge on any atom is 0.254 e. The molecule has 0 bridgehead atoms. The topological polar surface area (TPSA) is 71.2 Å². The molecule has 1 aromatic heterocycles. The lowest BCUT2D eigenvalue weighted by atomic mass is 10.1. The molecule has 1 aliphatic carbocycles. The number of anilines is 1. The minimum absolute atomic E-state index is 0.102. The molecule has 0 radical (unpaired) electrons. The van der Waals surface area contributed by atoms with E-state index in [1.807, 2.05) is 11.0 Å². The second kappa shape index (κ2) is 6.70. The Morgan fingerprint density at radius 3 is 2.70 bits per heavy atom. The van der Waals surface area contributed by atoms with Crippen LogP contribution in [0, 0.1) is 0 Å². The number of nitrogens with zero attached hydrogens (tertiary/aromatic N) is 2. The van der Waals surface area contributed by atoms with Gasteiger partial charge in [0, 0.05) is 23.8 Å². The zero-order chi connectivity index (χ0) is 14.5. The second-order valence-electron chi connectivity index (χ2n) is 5.36. The molecule has 2 rings (SSSR count). The number of rotatable bonds is 7. The van der Waals surface area contributed by atoms with Crippen molar-refractivity contribution >= 4 is 11.7 Å². The average molecular weight is 276 g/mol. The van der Waals surface area contributed by atoms with Gasteiger partial charge in [0.1, 0.15) is 5.82 Å². The highest BCUT2D eigenvalue weighted by atomic mass is 16.2. The van der Waals surface area contributed by atoms with E-state index in [-0.39, 0.29) is 5.91 Å². The van der Waals surface area contributed by atoms with Crippen LogP contribution in [0.1, 0.15) is 55.6 Å². The molecule has 5 nitrogen and oxygen atoms in total. The van der Waals surface area contributed by atoms with Gasteiger partial charge in [-0.2, -0.15) is 0 Å². The number of amides is 1. The molecular formula is C15H24N4O. The molecule has 3 N–H and O–H groups in total. The molecule has 0 spiro atoms. The van der Waals surface area contributed by atoms with Crippen molar-refractivity contribution < 1.29 is 4.79 Å². The minimum atomic E-state index is 0.102. The Bertz CT molecular complexity index is 471. The van der Waals surface area contributed by atoms with E-state index in [1.165, 1.54) is 0 Å². The van der Waals surface area contributed by atoms with Crippen molar-refractivity contribution in [2.75, 3.05) is 12.0 Å². The highest BCUT2D eigenvalue weighted by Gasteiger charge is 2.32. The van der Waals surface area contributed by atoms with Gasteiger partial charge in [-0.3, -0.25) is 4.79 Å². The number of pyridine rings is 1. The standard InChI is InChI=1S/C15H24N4O/c1-3-5-12-9-11(10-14(17-12)18-16)15(20)19(8-4-2)13-6-7-13/h9-10,13H,3-8,16H2,1-2H3,(H,17,18). The van der Waals surface area contributed by atoms with E-state index in [4.69, 9.17) is 5.84 Å². The number of nitrogens with one attached hydrogen (secondary N) is 1. The van der Waals surface area contributed by atoms with Crippen LogP contribution >= 0.6 is 0 Å². The third-order valence-corrected chi connectivity index (χ3v) is 3.49. The van der Waals surface area contributed by atoms with Gasteiger partial charge in [-0.1, -0.05) is 20.3 Å². The van der Waals surface area contributed by atoms with Gasteiger partial charge in [0.05, 0.1) is 0 Å². The normalized spacial score (nSPS) is 14.2. The van der Waals surface area contributed by atoms with Crippen LogP contribution in [0.15, 0.2) is 12.1 Å². The van der Waals surface area contributed by atoms with Gasteiger partial charge in [-0.15, -0.1) is 0 Å². The predicted octanol–water partition coefficient (Wildman–Crippen LogP) is 2.33. The molecule has 1 aromatic rings. The summed E-state index contributed by atoms with van der Waals surface area (Å²) in [6, 6.07) is 4.07. The molecular weight excluding hydrogens is 252 g/mol. The molecule has 5 heteroatoms. The van der Waals surface area contributed by atoms with Crippen LogP contribution in [-0.4, -0.2) is 28.4 Å². The van der Waals surface area contributed by atoms with E-state index < -0.39 is 0 Å². The Kier molecular flexibility index (Phi) is 4.95. The quantitative estimate of drug-likeness (QED) is 0.592. The van der Waals surface area contributed by atoms with Crippen LogP contribution in [0.5, 0.6) is 0 Å².